The molecule has 1 unspecified atom stereocenters. The van der Waals surface area contributed by atoms with Gasteiger partial charge in [-0.1, -0.05) is 32.4 Å². The van der Waals surface area contributed by atoms with E-state index >= 15 is 0 Å². The minimum atomic E-state index is -0.372. The number of halogens is 3. The minimum absolute atomic E-state index is 0.196. The van der Waals surface area contributed by atoms with Crippen LogP contribution in [-0.2, 0) is 0 Å². The topological polar surface area (TPSA) is 26.0 Å². The van der Waals surface area contributed by atoms with Crippen molar-refractivity contribution in [3.05, 3.63) is 33.0 Å². The van der Waals surface area contributed by atoms with E-state index in [9.17, 15) is 4.39 Å². The highest BCUT2D eigenvalue weighted by atomic mass is 79.9. The standard InChI is InChI=1S/C11H14BrClFN/c1-11(2,3)10(15)6-4-8(13)7(12)5-9(6)14/h4-5,10H,15H2,1-3H3. The smallest absolute Gasteiger partial charge is 0.129 e. The summed E-state index contributed by atoms with van der Waals surface area (Å²) in [5.41, 5.74) is 6.24. The molecule has 84 valence electrons. The Morgan fingerprint density at radius 3 is 2.40 bits per heavy atom. The van der Waals surface area contributed by atoms with E-state index in [4.69, 9.17) is 17.3 Å². The van der Waals surface area contributed by atoms with Crippen LogP contribution in [0.3, 0.4) is 0 Å². The van der Waals surface area contributed by atoms with E-state index in [2.05, 4.69) is 15.9 Å². The van der Waals surface area contributed by atoms with Gasteiger partial charge in [0.05, 0.1) is 5.02 Å². The average Bonchev–Trinajstić information content (AvgIpc) is 2.08. The van der Waals surface area contributed by atoms with Crippen LogP contribution in [-0.4, -0.2) is 0 Å². The monoisotopic (exact) mass is 293 g/mol. The second-order valence-corrected chi connectivity index (χ2v) is 5.89. The van der Waals surface area contributed by atoms with E-state index < -0.39 is 0 Å². The summed E-state index contributed by atoms with van der Waals surface area (Å²) in [4.78, 5) is 0. The van der Waals surface area contributed by atoms with Crippen LogP contribution in [0.4, 0.5) is 4.39 Å². The van der Waals surface area contributed by atoms with Crippen LogP contribution in [0.1, 0.15) is 32.4 Å². The van der Waals surface area contributed by atoms with Crippen molar-refractivity contribution in [3.8, 4) is 0 Å². The summed E-state index contributed by atoms with van der Waals surface area (Å²) < 4.78 is 14.2. The molecule has 4 heteroatoms. The normalized spacial score (nSPS) is 14.1. The summed E-state index contributed by atoms with van der Waals surface area (Å²) in [6, 6.07) is 2.56. The molecule has 1 aromatic rings. The molecular formula is C11H14BrClFN. The van der Waals surface area contributed by atoms with Gasteiger partial charge in [-0.05, 0) is 33.5 Å². The van der Waals surface area contributed by atoms with Crippen LogP contribution >= 0.6 is 27.5 Å². The number of benzene rings is 1. The third kappa shape index (κ3) is 2.92. The van der Waals surface area contributed by atoms with Crippen LogP contribution in [0, 0.1) is 11.2 Å². The molecule has 0 aromatic heterocycles. The maximum atomic E-state index is 13.6. The molecular weight excluding hydrogens is 280 g/mol. The Bertz CT molecular complexity index is 374. The maximum Gasteiger partial charge on any atom is 0.129 e. The zero-order valence-corrected chi connectivity index (χ0v) is 11.3. The van der Waals surface area contributed by atoms with Crippen molar-refractivity contribution in [2.24, 2.45) is 11.1 Å². The van der Waals surface area contributed by atoms with Gasteiger partial charge >= 0.3 is 0 Å². The van der Waals surface area contributed by atoms with Crippen LogP contribution in [0.5, 0.6) is 0 Å². The lowest BCUT2D eigenvalue weighted by atomic mass is 9.83. The van der Waals surface area contributed by atoms with Gasteiger partial charge in [0.1, 0.15) is 5.82 Å². The minimum Gasteiger partial charge on any atom is -0.323 e. The summed E-state index contributed by atoms with van der Waals surface area (Å²) in [6.45, 7) is 5.90. The molecule has 0 aliphatic heterocycles. The summed E-state index contributed by atoms with van der Waals surface area (Å²) in [5, 5.41) is 0.478. The van der Waals surface area contributed by atoms with E-state index in [-0.39, 0.29) is 17.3 Å². The Hall–Kier alpha value is -0.120. The quantitative estimate of drug-likeness (QED) is 0.768. The molecule has 0 spiro atoms. The van der Waals surface area contributed by atoms with Gasteiger partial charge in [-0.15, -0.1) is 0 Å². The van der Waals surface area contributed by atoms with Crippen LogP contribution in [0.25, 0.3) is 0 Å². The van der Waals surface area contributed by atoms with Gasteiger partial charge < -0.3 is 5.73 Å². The van der Waals surface area contributed by atoms with Crippen molar-refractivity contribution in [3.63, 3.8) is 0 Å². The Morgan fingerprint density at radius 2 is 1.93 bits per heavy atom. The van der Waals surface area contributed by atoms with E-state index in [0.717, 1.165) is 0 Å². The van der Waals surface area contributed by atoms with Gasteiger partial charge in [0.2, 0.25) is 0 Å². The van der Waals surface area contributed by atoms with Crippen LogP contribution < -0.4 is 5.73 Å². The number of hydrogen-bond acceptors (Lipinski definition) is 1. The lowest BCUT2D eigenvalue weighted by molar-refractivity contribution is 0.319. The molecule has 0 amide bonds. The fraction of sp³-hybridized carbons (Fsp3) is 0.455. The predicted octanol–water partition coefficient (Wildman–Crippen LogP) is 4.29. The molecule has 0 heterocycles. The zero-order valence-electron chi connectivity index (χ0n) is 8.94. The molecule has 1 nitrogen and oxygen atoms in total. The highest BCUT2D eigenvalue weighted by Crippen LogP contribution is 2.35. The van der Waals surface area contributed by atoms with E-state index in [1.807, 2.05) is 20.8 Å². The summed E-state index contributed by atoms with van der Waals surface area (Å²) in [5.74, 6) is -0.325. The van der Waals surface area contributed by atoms with Gasteiger partial charge in [-0.3, -0.25) is 0 Å². The van der Waals surface area contributed by atoms with Crippen molar-refractivity contribution in [1.82, 2.24) is 0 Å². The Kier molecular flexibility index (Phi) is 3.80. The molecule has 0 aliphatic carbocycles. The van der Waals surface area contributed by atoms with Crippen molar-refractivity contribution >= 4 is 27.5 Å². The first-order valence-electron chi connectivity index (χ1n) is 4.63. The van der Waals surface area contributed by atoms with Gasteiger partial charge in [-0.2, -0.15) is 0 Å². The van der Waals surface area contributed by atoms with Crippen molar-refractivity contribution < 1.29 is 4.39 Å². The SMILES string of the molecule is CC(C)(C)C(N)c1cc(Cl)c(Br)cc1F. The first kappa shape index (κ1) is 12.9. The molecule has 0 aliphatic rings. The molecule has 0 radical (unpaired) electrons. The third-order valence-electron chi connectivity index (χ3n) is 2.31. The zero-order chi connectivity index (χ0) is 11.8. The van der Waals surface area contributed by atoms with Crippen LogP contribution in [0.15, 0.2) is 16.6 Å². The molecule has 0 saturated heterocycles. The lowest BCUT2D eigenvalue weighted by Gasteiger charge is -2.27. The Morgan fingerprint density at radius 1 is 1.40 bits per heavy atom. The molecule has 1 atom stereocenters. The molecule has 1 aromatic carbocycles. The molecule has 0 fully saturated rings. The van der Waals surface area contributed by atoms with E-state index in [1.54, 1.807) is 6.07 Å². The van der Waals surface area contributed by atoms with Crippen LogP contribution in [0.2, 0.25) is 5.02 Å². The number of hydrogen-bond donors (Lipinski definition) is 1. The number of rotatable bonds is 1. The van der Waals surface area contributed by atoms with Gasteiger partial charge in [0.25, 0.3) is 0 Å². The average molecular weight is 295 g/mol. The molecule has 0 saturated carbocycles. The summed E-state index contributed by atoms with van der Waals surface area (Å²) >= 11 is 9.08. The first-order chi connectivity index (χ1) is 6.73. The highest BCUT2D eigenvalue weighted by molar-refractivity contribution is 9.10. The highest BCUT2D eigenvalue weighted by Gasteiger charge is 2.25. The van der Waals surface area contributed by atoms with Gasteiger partial charge in [0.15, 0.2) is 0 Å². The second kappa shape index (κ2) is 4.40. The fourth-order valence-corrected chi connectivity index (χ4v) is 1.73. The van der Waals surface area contributed by atoms with E-state index in [1.165, 1.54) is 6.07 Å². The maximum absolute atomic E-state index is 13.6. The van der Waals surface area contributed by atoms with Gasteiger partial charge in [-0.25, -0.2) is 4.39 Å². The van der Waals surface area contributed by atoms with Crippen molar-refractivity contribution in [2.75, 3.05) is 0 Å². The second-order valence-electron chi connectivity index (χ2n) is 4.63. The fourth-order valence-electron chi connectivity index (χ4n) is 1.24. The number of nitrogens with two attached hydrogens (primary N) is 1. The third-order valence-corrected chi connectivity index (χ3v) is 3.50. The lowest BCUT2D eigenvalue weighted by Crippen LogP contribution is -2.27. The molecule has 0 bridgehead atoms. The predicted molar refractivity (Wildman–Crippen MR) is 65.5 cm³/mol. The Labute approximate surface area is 103 Å². The molecule has 1 rings (SSSR count). The summed E-state index contributed by atoms with van der Waals surface area (Å²) in [6.07, 6.45) is 0. The van der Waals surface area contributed by atoms with Crippen molar-refractivity contribution in [2.45, 2.75) is 26.8 Å². The molecule has 2 N–H and O–H groups in total. The largest absolute Gasteiger partial charge is 0.323 e. The van der Waals surface area contributed by atoms with E-state index in [0.29, 0.717) is 15.1 Å². The van der Waals surface area contributed by atoms with Gasteiger partial charge in [0, 0.05) is 16.1 Å². The van der Waals surface area contributed by atoms with Crippen molar-refractivity contribution in [1.29, 1.82) is 0 Å². The molecule has 15 heavy (non-hydrogen) atoms. The summed E-state index contributed by atoms with van der Waals surface area (Å²) in [7, 11) is 0. The first-order valence-corrected chi connectivity index (χ1v) is 5.80. The Balaban J connectivity index is 3.21.